The summed E-state index contributed by atoms with van der Waals surface area (Å²) in [7, 11) is 0. The van der Waals surface area contributed by atoms with Gasteiger partial charge in [0.1, 0.15) is 12.1 Å². The fourth-order valence-electron chi connectivity index (χ4n) is 1.13. The summed E-state index contributed by atoms with van der Waals surface area (Å²) < 4.78 is 0. The predicted molar refractivity (Wildman–Crippen MR) is 61.2 cm³/mol. The summed E-state index contributed by atoms with van der Waals surface area (Å²) in [5.74, 6) is 0.715. The fourth-order valence-corrected chi connectivity index (χ4v) is 1.25. The molecular formula is C10H9ClN4. The van der Waals surface area contributed by atoms with Gasteiger partial charge in [0.25, 0.3) is 0 Å². The van der Waals surface area contributed by atoms with Gasteiger partial charge in [0, 0.05) is 11.9 Å². The summed E-state index contributed by atoms with van der Waals surface area (Å²) in [5, 5.41) is 3.63. The van der Waals surface area contributed by atoms with Gasteiger partial charge in [-0.05, 0) is 24.3 Å². The highest BCUT2D eigenvalue weighted by Crippen LogP contribution is 2.23. The van der Waals surface area contributed by atoms with Gasteiger partial charge in [-0.2, -0.15) is 0 Å². The number of hydrogen-bond acceptors (Lipinski definition) is 4. The third-order valence-corrected chi connectivity index (χ3v) is 2.19. The van der Waals surface area contributed by atoms with Crippen LogP contribution in [0, 0.1) is 0 Å². The lowest BCUT2D eigenvalue weighted by Crippen LogP contribution is -1.95. The topological polar surface area (TPSA) is 63.8 Å². The molecule has 1 aromatic heterocycles. The first-order valence-corrected chi connectivity index (χ1v) is 4.71. The molecule has 0 amide bonds. The monoisotopic (exact) mass is 220 g/mol. The number of aromatic nitrogens is 2. The number of hydrogen-bond donors (Lipinski definition) is 2. The van der Waals surface area contributed by atoms with Gasteiger partial charge in [-0.1, -0.05) is 11.6 Å². The zero-order chi connectivity index (χ0) is 10.7. The van der Waals surface area contributed by atoms with Crippen molar-refractivity contribution in [3.63, 3.8) is 0 Å². The molecule has 15 heavy (non-hydrogen) atoms. The Hall–Kier alpha value is -1.81. The van der Waals surface area contributed by atoms with E-state index in [2.05, 4.69) is 15.3 Å². The minimum atomic E-state index is 0.538. The second kappa shape index (κ2) is 4.14. The summed E-state index contributed by atoms with van der Waals surface area (Å²) in [6.07, 6.45) is 3.14. The van der Waals surface area contributed by atoms with Gasteiger partial charge in [0.2, 0.25) is 0 Å². The lowest BCUT2D eigenvalue weighted by molar-refractivity contribution is 1.17. The van der Waals surface area contributed by atoms with Crippen molar-refractivity contribution in [1.29, 1.82) is 0 Å². The summed E-state index contributed by atoms with van der Waals surface area (Å²) >= 11 is 5.81. The average Bonchev–Trinajstić information content (AvgIpc) is 2.25. The third kappa shape index (κ3) is 2.35. The van der Waals surface area contributed by atoms with Crippen LogP contribution in [0.3, 0.4) is 0 Å². The van der Waals surface area contributed by atoms with E-state index in [-0.39, 0.29) is 0 Å². The van der Waals surface area contributed by atoms with Crippen LogP contribution in [0.4, 0.5) is 17.2 Å². The van der Waals surface area contributed by atoms with E-state index in [9.17, 15) is 0 Å². The van der Waals surface area contributed by atoms with E-state index in [1.807, 2.05) is 6.07 Å². The van der Waals surface area contributed by atoms with Crippen LogP contribution in [-0.4, -0.2) is 9.97 Å². The Balaban J connectivity index is 2.22. The minimum Gasteiger partial charge on any atom is -0.397 e. The molecule has 2 rings (SSSR count). The van der Waals surface area contributed by atoms with Crippen LogP contribution in [0.15, 0.2) is 36.8 Å². The van der Waals surface area contributed by atoms with E-state index >= 15 is 0 Å². The van der Waals surface area contributed by atoms with Crippen molar-refractivity contribution in [3.8, 4) is 0 Å². The Morgan fingerprint density at radius 2 is 2.13 bits per heavy atom. The summed E-state index contributed by atoms with van der Waals surface area (Å²) in [6.45, 7) is 0. The van der Waals surface area contributed by atoms with E-state index in [4.69, 9.17) is 17.3 Å². The van der Waals surface area contributed by atoms with Crippen molar-refractivity contribution in [1.82, 2.24) is 9.97 Å². The Labute approximate surface area is 92.1 Å². The first-order valence-electron chi connectivity index (χ1n) is 4.34. The summed E-state index contributed by atoms with van der Waals surface area (Å²) in [5.41, 5.74) is 7.05. The highest BCUT2D eigenvalue weighted by atomic mass is 35.5. The van der Waals surface area contributed by atoms with Crippen molar-refractivity contribution in [3.05, 3.63) is 41.8 Å². The van der Waals surface area contributed by atoms with Crippen LogP contribution in [0.2, 0.25) is 5.02 Å². The Morgan fingerprint density at radius 1 is 1.27 bits per heavy atom. The molecule has 4 nitrogen and oxygen atoms in total. The van der Waals surface area contributed by atoms with E-state index in [0.29, 0.717) is 16.5 Å². The molecule has 76 valence electrons. The Kier molecular flexibility index (Phi) is 2.69. The zero-order valence-electron chi connectivity index (χ0n) is 7.81. The van der Waals surface area contributed by atoms with Gasteiger partial charge in [-0.15, -0.1) is 0 Å². The van der Waals surface area contributed by atoms with Crippen LogP contribution in [-0.2, 0) is 0 Å². The van der Waals surface area contributed by atoms with Gasteiger partial charge in [0.15, 0.2) is 0 Å². The zero-order valence-corrected chi connectivity index (χ0v) is 8.57. The molecule has 0 bridgehead atoms. The Morgan fingerprint density at radius 3 is 2.80 bits per heavy atom. The van der Waals surface area contributed by atoms with Crippen molar-refractivity contribution in [2.45, 2.75) is 0 Å². The normalized spacial score (nSPS) is 9.93. The summed E-state index contributed by atoms with van der Waals surface area (Å²) in [6, 6.07) is 7.09. The molecule has 1 aromatic carbocycles. The molecule has 0 radical (unpaired) electrons. The van der Waals surface area contributed by atoms with E-state index in [0.717, 1.165) is 5.69 Å². The van der Waals surface area contributed by atoms with Gasteiger partial charge < -0.3 is 11.1 Å². The van der Waals surface area contributed by atoms with E-state index < -0.39 is 0 Å². The standard InChI is InChI=1S/C10H9ClN4/c11-8-2-1-7(5-9(8)12)15-10-3-4-13-6-14-10/h1-6H,12H2,(H,13,14,15). The van der Waals surface area contributed by atoms with E-state index in [1.54, 1.807) is 24.4 Å². The maximum atomic E-state index is 5.81. The molecule has 5 heteroatoms. The third-order valence-electron chi connectivity index (χ3n) is 1.85. The molecule has 2 aromatic rings. The molecule has 0 spiro atoms. The van der Waals surface area contributed by atoms with Crippen LogP contribution in [0.5, 0.6) is 0 Å². The smallest absolute Gasteiger partial charge is 0.133 e. The van der Waals surface area contributed by atoms with Gasteiger partial charge in [-0.25, -0.2) is 9.97 Å². The average molecular weight is 221 g/mol. The molecule has 0 saturated heterocycles. The number of benzene rings is 1. The molecule has 0 saturated carbocycles. The summed E-state index contributed by atoms with van der Waals surface area (Å²) in [4.78, 5) is 7.85. The lowest BCUT2D eigenvalue weighted by Gasteiger charge is -2.06. The number of nitrogens with two attached hydrogens (primary N) is 1. The minimum absolute atomic E-state index is 0.538. The highest BCUT2D eigenvalue weighted by Gasteiger charge is 1.98. The van der Waals surface area contributed by atoms with Gasteiger partial charge >= 0.3 is 0 Å². The second-order valence-corrected chi connectivity index (χ2v) is 3.36. The van der Waals surface area contributed by atoms with Crippen LogP contribution in [0.25, 0.3) is 0 Å². The molecule has 0 atom stereocenters. The molecule has 0 aliphatic heterocycles. The number of nitrogens with zero attached hydrogens (tertiary/aromatic N) is 2. The van der Waals surface area contributed by atoms with Crippen molar-refractivity contribution in [2.75, 3.05) is 11.1 Å². The molecular weight excluding hydrogens is 212 g/mol. The molecule has 0 aliphatic rings. The van der Waals surface area contributed by atoms with E-state index in [1.165, 1.54) is 6.33 Å². The number of nitrogen functional groups attached to an aromatic ring is 1. The van der Waals surface area contributed by atoms with Gasteiger partial charge in [-0.3, -0.25) is 0 Å². The molecule has 3 N–H and O–H groups in total. The quantitative estimate of drug-likeness (QED) is 0.764. The number of nitrogens with one attached hydrogen (secondary N) is 1. The highest BCUT2D eigenvalue weighted by molar-refractivity contribution is 6.33. The van der Waals surface area contributed by atoms with Gasteiger partial charge in [0.05, 0.1) is 10.7 Å². The second-order valence-electron chi connectivity index (χ2n) is 2.96. The van der Waals surface area contributed by atoms with Crippen molar-refractivity contribution < 1.29 is 0 Å². The first kappa shape index (κ1) is 9.73. The maximum Gasteiger partial charge on any atom is 0.133 e. The van der Waals surface area contributed by atoms with Crippen molar-refractivity contribution >= 4 is 28.8 Å². The first-order chi connectivity index (χ1) is 7.25. The number of halogens is 1. The lowest BCUT2D eigenvalue weighted by atomic mass is 10.3. The Bertz CT molecular complexity index is 458. The fraction of sp³-hybridized carbons (Fsp3) is 0. The van der Waals surface area contributed by atoms with Crippen LogP contribution in [0.1, 0.15) is 0 Å². The predicted octanol–water partition coefficient (Wildman–Crippen LogP) is 2.46. The maximum absolute atomic E-state index is 5.81. The number of rotatable bonds is 2. The number of anilines is 3. The largest absolute Gasteiger partial charge is 0.397 e. The SMILES string of the molecule is Nc1cc(Nc2ccncn2)ccc1Cl. The molecule has 0 aliphatic carbocycles. The van der Waals surface area contributed by atoms with Crippen molar-refractivity contribution in [2.24, 2.45) is 0 Å². The van der Waals surface area contributed by atoms with Crippen LogP contribution < -0.4 is 11.1 Å². The molecule has 0 unspecified atom stereocenters. The molecule has 0 fully saturated rings. The molecule has 1 heterocycles. The van der Waals surface area contributed by atoms with Crippen LogP contribution >= 0.6 is 11.6 Å².